The molecule has 156 valence electrons. The van der Waals surface area contributed by atoms with Crippen molar-refractivity contribution < 1.29 is 4.79 Å². The van der Waals surface area contributed by atoms with Crippen LogP contribution in [0.3, 0.4) is 0 Å². The first kappa shape index (κ1) is 19.4. The summed E-state index contributed by atoms with van der Waals surface area (Å²) in [6.45, 7) is 5.71. The van der Waals surface area contributed by atoms with Crippen LogP contribution in [0.1, 0.15) is 21.5 Å². The number of aryl methyl sites for hydroxylation is 1. The van der Waals surface area contributed by atoms with Crippen molar-refractivity contribution >= 4 is 22.9 Å². The van der Waals surface area contributed by atoms with Crippen LogP contribution in [0.4, 0.5) is 5.95 Å². The molecule has 0 bridgehead atoms. The average molecular weight is 411 g/mol. The molecule has 0 unspecified atom stereocenters. The maximum atomic E-state index is 13.0. The van der Waals surface area contributed by atoms with Gasteiger partial charge in [0.15, 0.2) is 0 Å². The third-order valence-electron chi connectivity index (χ3n) is 6.04. The van der Waals surface area contributed by atoms with Gasteiger partial charge in [0.2, 0.25) is 5.95 Å². The zero-order valence-electron chi connectivity index (χ0n) is 17.7. The molecular formula is C26H26N4O. The van der Waals surface area contributed by atoms with Crippen LogP contribution >= 0.6 is 0 Å². The quantitative estimate of drug-likeness (QED) is 0.502. The number of piperazine rings is 1. The van der Waals surface area contributed by atoms with E-state index in [4.69, 9.17) is 4.98 Å². The van der Waals surface area contributed by atoms with Gasteiger partial charge in [0, 0.05) is 31.7 Å². The Labute approximate surface area is 182 Å². The molecule has 1 aromatic heterocycles. The summed E-state index contributed by atoms with van der Waals surface area (Å²) in [7, 11) is 0. The molecule has 0 N–H and O–H groups in total. The molecule has 0 aliphatic carbocycles. The van der Waals surface area contributed by atoms with Gasteiger partial charge in [-0.05, 0) is 36.2 Å². The van der Waals surface area contributed by atoms with Crippen LogP contribution in [-0.4, -0.2) is 46.5 Å². The lowest BCUT2D eigenvalue weighted by Crippen LogP contribution is -2.49. The van der Waals surface area contributed by atoms with Crippen molar-refractivity contribution in [3.63, 3.8) is 0 Å². The van der Waals surface area contributed by atoms with Gasteiger partial charge in [0.1, 0.15) is 0 Å². The first-order valence-electron chi connectivity index (χ1n) is 10.8. The summed E-state index contributed by atoms with van der Waals surface area (Å²) >= 11 is 0. The SMILES string of the molecule is Cc1ccccc1C(=O)N1CCN(c2nc3ccccc3n2Cc2ccccc2)CC1. The summed E-state index contributed by atoms with van der Waals surface area (Å²) in [5.74, 6) is 1.10. The second kappa shape index (κ2) is 8.26. The summed E-state index contributed by atoms with van der Waals surface area (Å²) in [5.41, 5.74) is 5.22. The minimum absolute atomic E-state index is 0.121. The lowest BCUT2D eigenvalue weighted by molar-refractivity contribution is 0.0745. The summed E-state index contributed by atoms with van der Waals surface area (Å²) in [5, 5.41) is 0. The first-order chi connectivity index (χ1) is 15.2. The Bertz CT molecular complexity index is 1210. The van der Waals surface area contributed by atoms with E-state index in [1.807, 2.05) is 48.2 Å². The van der Waals surface area contributed by atoms with E-state index in [1.54, 1.807) is 0 Å². The largest absolute Gasteiger partial charge is 0.339 e. The summed E-state index contributed by atoms with van der Waals surface area (Å²) < 4.78 is 2.30. The number of imidazole rings is 1. The molecule has 1 amide bonds. The number of carbonyl (C=O) groups excluding carboxylic acids is 1. The normalized spacial score (nSPS) is 14.2. The minimum atomic E-state index is 0.121. The number of aromatic nitrogens is 2. The van der Waals surface area contributed by atoms with Crippen LogP contribution in [-0.2, 0) is 6.54 Å². The maximum absolute atomic E-state index is 13.0. The van der Waals surface area contributed by atoms with Gasteiger partial charge in [-0.15, -0.1) is 0 Å². The molecule has 3 aromatic carbocycles. The molecule has 5 heteroatoms. The highest BCUT2D eigenvalue weighted by atomic mass is 16.2. The van der Waals surface area contributed by atoms with Gasteiger partial charge in [-0.3, -0.25) is 4.79 Å². The molecule has 1 aliphatic rings. The number of benzene rings is 3. The molecule has 31 heavy (non-hydrogen) atoms. The Hall–Kier alpha value is -3.60. The number of hydrogen-bond acceptors (Lipinski definition) is 3. The highest BCUT2D eigenvalue weighted by Gasteiger charge is 2.26. The molecule has 0 atom stereocenters. The molecule has 0 saturated carbocycles. The molecule has 5 nitrogen and oxygen atoms in total. The van der Waals surface area contributed by atoms with E-state index >= 15 is 0 Å². The van der Waals surface area contributed by atoms with Crippen molar-refractivity contribution in [2.75, 3.05) is 31.1 Å². The van der Waals surface area contributed by atoms with E-state index in [-0.39, 0.29) is 5.91 Å². The third kappa shape index (κ3) is 3.79. The predicted molar refractivity (Wildman–Crippen MR) is 125 cm³/mol. The summed E-state index contributed by atoms with van der Waals surface area (Å²) in [4.78, 5) is 22.2. The topological polar surface area (TPSA) is 41.4 Å². The Morgan fingerprint density at radius 2 is 1.52 bits per heavy atom. The lowest BCUT2D eigenvalue weighted by Gasteiger charge is -2.35. The van der Waals surface area contributed by atoms with Crippen LogP contribution in [0, 0.1) is 6.92 Å². The van der Waals surface area contributed by atoms with E-state index in [0.29, 0.717) is 13.1 Å². The second-order valence-electron chi connectivity index (χ2n) is 8.07. The number of fused-ring (bicyclic) bond motifs is 1. The van der Waals surface area contributed by atoms with Gasteiger partial charge in [0.05, 0.1) is 17.6 Å². The van der Waals surface area contributed by atoms with Crippen molar-refractivity contribution in [2.24, 2.45) is 0 Å². The molecule has 1 fully saturated rings. The number of rotatable bonds is 4. The number of amides is 1. The van der Waals surface area contributed by atoms with Crippen molar-refractivity contribution in [3.8, 4) is 0 Å². The highest BCUT2D eigenvalue weighted by Crippen LogP contribution is 2.25. The fourth-order valence-electron chi connectivity index (χ4n) is 4.32. The standard InChI is InChI=1S/C26H26N4O/c1-20-9-5-6-12-22(20)25(31)28-15-17-29(18-16-28)26-27-23-13-7-8-14-24(23)30(26)19-21-10-3-2-4-11-21/h2-14H,15-19H2,1H3. The van der Waals surface area contributed by atoms with E-state index in [9.17, 15) is 4.79 Å². The maximum Gasteiger partial charge on any atom is 0.254 e. The average Bonchev–Trinajstić information content (AvgIpc) is 3.18. The summed E-state index contributed by atoms with van der Waals surface area (Å²) in [6.07, 6.45) is 0. The van der Waals surface area contributed by atoms with E-state index in [2.05, 4.69) is 51.9 Å². The predicted octanol–water partition coefficient (Wildman–Crippen LogP) is 4.36. The fraction of sp³-hybridized carbons (Fsp3) is 0.231. The number of nitrogens with zero attached hydrogens (tertiary/aromatic N) is 4. The molecule has 1 saturated heterocycles. The van der Waals surface area contributed by atoms with Gasteiger partial charge in [-0.1, -0.05) is 60.7 Å². The molecule has 1 aliphatic heterocycles. The number of carbonyl (C=O) groups is 1. The van der Waals surface area contributed by atoms with Gasteiger partial charge in [0.25, 0.3) is 5.91 Å². The van der Waals surface area contributed by atoms with Crippen LogP contribution in [0.2, 0.25) is 0 Å². The molecule has 5 rings (SSSR count). The summed E-state index contributed by atoms with van der Waals surface area (Å²) in [6, 6.07) is 26.6. The van der Waals surface area contributed by atoms with Crippen LogP contribution in [0.5, 0.6) is 0 Å². The van der Waals surface area contributed by atoms with Crippen LogP contribution < -0.4 is 4.90 Å². The first-order valence-corrected chi connectivity index (χ1v) is 10.8. The monoisotopic (exact) mass is 410 g/mol. The molecule has 0 radical (unpaired) electrons. The number of para-hydroxylation sites is 2. The van der Waals surface area contributed by atoms with Gasteiger partial charge >= 0.3 is 0 Å². The van der Waals surface area contributed by atoms with Gasteiger partial charge in [-0.2, -0.15) is 0 Å². The van der Waals surface area contributed by atoms with Crippen molar-refractivity contribution in [2.45, 2.75) is 13.5 Å². The van der Waals surface area contributed by atoms with E-state index < -0.39 is 0 Å². The van der Waals surface area contributed by atoms with Crippen molar-refractivity contribution in [3.05, 3.63) is 95.6 Å². The Morgan fingerprint density at radius 1 is 0.839 bits per heavy atom. The van der Waals surface area contributed by atoms with Crippen molar-refractivity contribution in [1.82, 2.24) is 14.5 Å². The second-order valence-corrected chi connectivity index (χ2v) is 8.07. The highest BCUT2D eigenvalue weighted by molar-refractivity contribution is 5.95. The zero-order valence-corrected chi connectivity index (χ0v) is 17.7. The van der Waals surface area contributed by atoms with Gasteiger partial charge in [-0.25, -0.2) is 4.98 Å². The van der Waals surface area contributed by atoms with Crippen molar-refractivity contribution in [1.29, 1.82) is 0 Å². The molecule has 4 aromatic rings. The third-order valence-corrected chi connectivity index (χ3v) is 6.04. The molecule has 0 spiro atoms. The molecule has 2 heterocycles. The molecular weight excluding hydrogens is 384 g/mol. The Kier molecular flexibility index (Phi) is 5.16. The lowest BCUT2D eigenvalue weighted by atomic mass is 10.1. The van der Waals surface area contributed by atoms with Crippen LogP contribution in [0.25, 0.3) is 11.0 Å². The Morgan fingerprint density at radius 3 is 2.29 bits per heavy atom. The van der Waals surface area contributed by atoms with E-state index in [1.165, 1.54) is 5.56 Å². The Balaban J connectivity index is 1.39. The minimum Gasteiger partial charge on any atom is -0.339 e. The zero-order chi connectivity index (χ0) is 21.2. The van der Waals surface area contributed by atoms with Gasteiger partial charge < -0.3 is 14.4 Å². The number of anilines is 1. The number of hydrogen-bond donors (Lipinski definition) is 0. The fourth-order valence-corrected chi connectivity index (χ4v) is 4.32. The van der Waals surface area contributed by atoms with Crippen LogP contribution in [0.15, 0.2) is 78.9 Å². The smallest absolute Gasteiger partial charge is 0.254 e. The van der Waals surface area contributed by atoms with E-state index in [0.717, 1.165) is 47.7 Å².